The van der Waals surface area contributed by atoms with Gasteiger partial charge in [0, 0.05) is 6.61 Å². The van der Waals surface area contributed by atoms with Crippen LogP contribution < -0.4 is 5.32 Å². The Balaban J connectivity index is 2.78. The van der Waals surface area contributed by atoms with E-state index in [4.69, 9.17) is 9.84 Å². The highest BCUT2D eigenvalue weighted by Gasteiger charge is 1.90. The van der Waals surface area contributed by atoms with E-state index in [1.54, 1.807) is 0 Å². The maximum Gasteiger partial charge on any atom is 0.0697 e. The van der Waals surface area contributed by atoms with Gasteiger partial charge in [0.1, 0.15) is 0 Å². The fraction of sp³-hybridized carbons (Fsp3) is 1.00. The van der Waals surface area contributed by atoms with Crippen molar-refractivity contribution in [2.24, 2.45) is 0 Å². The molecule has 2 N–H and O–H groups in total. The van der Waals surface area contributed by atoms with Crippen LogP contribution in [-0.2, 0) is 4.74 Å². The van der Waals surface area contributed by atoms with Crippen molar-refractivity contribution >= 4 is 0 Å². The molecule has 0 bridgehead atoms. The molecule has 0 radical (unpaired) electrons. The summed E-state index contributed by atoms with van der Waals surface area (Å²) in [5.74, 6) is 0. The average molecular weight is 203 g/mol. The van der Waals surface area contributed by atoms with Crippen LogP contribution >= 0.6 is 0 Å². The van der Waals surface area contributed by atoms with Gasteiger partial charge >= 0.3 is 0 Å². The summed E-state index contributed by atoms with van der Waals surface area (Å²) in [6.45, 7) is 5.73. The van der Waals surface area contributed by atoms with E-state index in [0.29, 0.717) is 6.61 Å². The molecule has 0 spiro atoms. The third-order valence-electron chi connectivity index (χ3n) is 2.08. The van der Waals surface area contributed by atoms with Gasteiger partial charge in [-0.2, -0.15) is 0 Å². The summed E-state index contributed by atoms with van der Waals surface area (Å²) in [5, 5.41) is 11.8. The van der Waals surface area contributed by atoms with Gasteiger partial charge in [-0.05, 0) is 25.9 Å². The molecule has 0 amide bonds. The Morgan fingerprint density at radius 2 is 1.79 bits per heavy atom. The summed E-state index contributed by atoms with van der Waals surface area (Å²) in [5.41, 5.74) is 0. The lowest BCUT2D eigenvalue weighted by atomic mass is 10.2. The minimum Gasteiger partial charge on any atom is -0.394 e. The molecule has 0 aliphatic carbocycles. The Kier molecular flexibility index (Phi) is 12.8. The normalized spacial score (nSPS) is 10.7. The number of hydrogen-bond donors (Lipinski definition) is 2. The maximum absolute atomic E-state index is 8.45. The molecular formula is C11H25NO2. The van der Waals surface area contributed by atoms with Gasteiger partial charge < -0.3 is 15.2 Å². The lowest BCUT2D eigenvalue weighted by Gasteiger charge is -2.04. The van der Waals surface area contributed by atoms with Gasteiger partial charge in [0.05, 0.1) is 13.2 Å². The highest BCUT2D eigenvalue weighted by molar-refractivity contribution is 4.48. The molecule has 0 atom stereocenters. The first-order valence-electron chi connectivity index (χ1n) is 5.81. The zero-order valence-electron chi connectivity index (χ0n) is 9.43. The fourth-order valence-corrected chi connectivity index (χ4v) is 1.27. The maximum atomic E-state index is 8.45. The van der Waals surface area contributed by atoms with E-state index in [9.17, 15) is 0 Å². The topological polar surface area (TPSA) is 41.5 Å². The molecule has 0 rings (SSSR count). The molecule has 0 saturated carbocycles. The van der Waals surface area contributed by atoms with Gasteiger partial charge in [0.2, 0.25) is 0 Å². The monoisotopic (exact) mass is 203 g/mol. The Bertz CT molecular complexity index is 87.3. The third kappa shape index (κ3) is 11.9. The van der Waals surface area contributed by atoms with Crippen molar-refractivity contribution in [2.45, 2.75) is 39.0 Å². The molecule has 86 valence electrons. The van der Waals surface area contributed by atoms with Crippen molar-refractivity contribution in [1.29, 1.82) is 0 Å². The van der Waals surface area contributed by atoms with Gasteiger partial charge in [-0.1, -0.05) is 26.2 Å². The van der Waals surface area contributed by atoms with Crippen LogP contribution in [0.25, 0.3) is 0 Å². The van der Waals surface area contributed by atoms with Crippen molar-refractivity contribution in [3.63, 3.8) is 0 Å². The van der Waals surface area contributed by atoms with Crippen LogP contribution in [0.15, 0.2) is 0 Å². The standard InChI is InChI=1S/C11H25NO2/c1-2-3-4-5-7-12-8-6-10-14-11-9-13/h12-13H,2-11H2,1H3. The number of rotatable bonds is 11. The lowest BCUT2D eigenvalue weighted by molar-refractivity contribution is 0.0907. The lowest BCUT2D eigenvalue weighted by Crippen LogP contribution is -2.18. The summed E-state index contributed by atoms with van der Waals surface area (Å²) < 4.78 is 5.14. The summed E-state index contributed by atoms with van der Waals surface area (Å²) >= 11 is 0. The molecule has 0 aromatic heterocycles. The Labute approximate surface area is 87.8 Å². The number of ether oxygens (including phenoxy) is 1. The zero-order valence-corrected chi connectivity index (χ0v) is 9.43. The fourth-order valence-electron chi connectivity index (χ4n) is 1.27. The molecule has 0 aliphatic rings. The second kappa shape index (κ2) is 12.9. The van der Waals surface area contributed by atoms with Gasteiger partial charge in [-0.15, -0.1) is 0 Å². The smallest absolute Gasteiger partial charge is 0.0697 e. The molecule has 0 fully saturated rings. The average Bonchev–Trinajstić information content (AvgIpc) is 2.21. The van der Waals surface area contributed by atoms with Crippen molar-refractivity contribution in [3.05, 3.63) is 0 Å². The van der Waals surface area contributed by atoms with Gasteiger partial charge in [0.25, 0.3) is 0 Å². The molecule has 0 aliphatic heterocycles. The van der Waals surface area contributed by atoms with Crippen LogP contribution in [0.5, 0.6) is 0 Å². The summed E-state index contributed by atoms with van der Waals surface area (Å²) in [6, 6.07) is 0. The molecule has 0 saturated heterocycles. The van der Waals surface area contributed by atoms with Crippen molar-refractivity contribution < 1.29 is 9.84 Å². The molecule has 0 unspecified atom stereocenters. The van der Waals surface area contributed by atoms with Crippen LogP contribution in [0, 0.1) is 0 Å². The van der Waals surface area contributed by atoms with Gasteiger partial charge in [-0.3, -0.25) is 0 Å². The van der Waals surface area contributed by atoms with Gasteiger partial charge in [0.15, 0.2) is 0 Å². The van der Waals surface area contributed by atoms with E-state index in [1.807, 2.05) is 0 Å². The van der Waals surface area contributed by atoms with Crippen LogP contribution in [0.1, 0.15) is 39.0 Å². The van der Waals surface area contributed by atoms with Crippen molar-refractivity contribution in [1.82, 2.24) is 5.32 Å². The SMILES string of the molecule is CCCCCCNCCCOCCO. The Morgan fingerprint density at radius 3 is 2.50 bits per heavy atom. The Hall–Kier alpha value is -0.120. The predicted molar refractivity (Wildman–Crippen MR) is 59.5 cm³/mol. The zero-order chi connectivity index (χ0) is 10.5. The first kappa shape index (κ1) is 13.9. The second-order valence-corrected chi connectivity index (χ2v) is 3.50. The van der Waals surface area contributed by atoms with E-state index in [2.05, 4.69) is 12.2 Å². The number of aliphatic hydroxyl groups excluding tert-OH is 1. The molecule has 3 heteroatoms. The summed E-state index contributed by atoms with van der Waals surface area (Å²) in [7, 11) is 0. The summed E-state index contributed by atoms with van der Waals surface area (Å²) in [4.78, 5) is 0. The first-order chi connectivity index (χ1) is 6.91. The summed E-state index contributed by atoms with van der Waals surface area (Å²) in [6.07, 6.45) is 6.31. The predicted octanol–water partition coefficient (Wildman–Crippen LogP) is 1.56. The molecule has 0 aromatic rings. The van der Waals surface area contributed by atoms with E-state index < -0.39 is 0 Å². The van der Waals surface area contributed by atoms with Crippen LogP contribution in [-0.4, -0.2) is 38.0 Å². The minimum absolute atomic E-state index is 0.129. The molecule has 14 heavy (non-hydrogen) atoms. The first-order valence-corrected chi connectivity index (χ1v) is 5.81. The highest BCUT2D eigenvalue weighted by Crippen LogP contribution is 1.96. The number of unbranched alkanes of at least 4 members (excludes halogenated alkanes) is 3. The van der Waals surface area contributed by atoms with Crippen LogP contribution in [0.4, 0.5) is 0 Å². The van der Waals surface area contributed by atoms with E-state index in [1.165, 1.54) is 25.7 Å². The van der Waals surface area contributed by atoms with E-state index in [-0.39, 0.29) is 6.61 Å². The molecular weight excluding hydrogens is 178 g/mol. The number of aliphatic hydroxyl groups is 1. The molecule has 0 aromatic carbocycles. The highest BCUT2D eigenvalue weighted by atomic mass is 16.5. The molecule has 3 nitrogen and oxygen atoms in total. The molecule has 0 heterocycles. The van der Waals surface area contributed by atoms with Crippen molar-refractivity contribution in [2.75, 3.05) is 32.9 Å². The Morgan fingerprint density at radius 1 is 1.00 bits per heavy atom. The van der Waals surface area contributed by atoms with Gasteiger partial charge in [-0.25, -0.2) is 0 Å². The minimum atomic E-state index is 0.129. The number of nitrogens with one attached hydrogen (secondary N) is 1. The van der Waals surface area contributed by atoms with E-state index in [0.717, 1.165) is 26.1 Å². The quantitative estimate of drug-likeness (QED) is 0.501. The van der Waals surface area contributed by atoms with Crippen LogP contribution in [0.2, 0.25) is 0 Å². The second-order valence-electron chi connectivity index (χ2n) is 3.50. The van der Waals surface area contributed by atoms with E-state index >= 15 is 0 Å². The van der Waals surface area contributed by atoms with Crippen molar-refractivity contribution in [3.8, 4) is 0 Å². The van der Waals surface area contributed by atoms with Crippen LogP contribution in [0.3, 0.4) is 0 Å². The third-order valence-corrected chi connectivity index (χ3v) is 2.08. The largest absolute Gasteiger partial charge is 0.394 e. The number of hydrogen-bond acceptors (Lipinski definition) is 3.